The largest absolute Gasteiger partial charge is 0.370 e. The summed E-state index contributed by atoms with van der Waals surface area (Å²) in [5, 5.41) is 4.19. The Hall–Kier alpha value is -0.820. The van der Waals surface area contributed by atoms with Crippen molar-refractivity contribution in [3.63, 3.8) is 0 Å². The summed E-state index contributed by atoms with van der Waals surface area (Å²) in [5.74, 6) is 0.135. The molecule has 3 unspecified atom stereocenters. The third-order valence-electron chi connectivity index (χ3n) is 5.03. The maximum Gasteiger partial charge on any atom is 0.227 e. The molecular weight excluding hydrogens is 351 g/mol. The molecule has 2 aliphatic rings. The van der Waals surface area contributed by atoms with Crippen LogP contribution in [0.5, 0.6) is 0 Å². The Morgan fingerprint density at radius 3 is 2.79 bits per heavy atom. The Morgan fingerprint density at radius 2 is 2.17 bits per heavy atom. The molecule has 0 radical (unpaired) electrons. The van der Waals surface area contributed by atoms with Crippen molar-refractivity contribution in [2.24, 2.45) is 18.7 Å². The van der Waals surface area contributed by atoms with Crippen molar-refractivity contribution in [2.45, 2.75) is 44.2 Å². The molecule has 8 heteroatoms. The number of nitrogens with two attached hydrogens (primary N) is 1. The standard InChI is InChI=1S/C16H26N4O2.2ClH/c1-16(17)6-4-3-5-13(16)15(21)20-7-8-22-14(11-20)12-9-18-19(2)10-12;;/h9-10,13-14H,3-8,11,17H2,1-2H3;2*1H. The molecule has 6 nitrogen and oxygen atoms in total. The van der Waals surface area contributed by atoms with Crippen molar-refractivity contribution in [2.75, 3.05) is 19.7 Å². The van der Waals surface area contributed by atoms with E-state index >= 15 is 0 Å². The number of hydrogen-bond donors (Lipinski definition) is 1. The molecule has 3 rings (SSSR count). The number of rotatable bonds is 2. The first-order valence-electron chi connectivity index (χ1n) is 8.15. The van der Waals surface area contributed by atoms with Crippen LogP contribution in [0.1, 0.15) is 44.3 Å². The first kappa shape index (κ1) is 21.2. The van der Waals surface area contributed by atoms with E-state index < -0.39 is 0 Å². The molecule has 1 saturated carbocycles. The van der Waals surface area contributed by atoms with E-state index in [0.717, 1.165) is 31.2 Å². The predicted octanol–water partition coefficient (Wildman–Crippen LogP) is 2.07. The molecule has 24 heavy (non-hydrogen) atoms. The Morgan fingerprint density at radius 1 is 1.42 bits per heavy atom. The molecule has 2 heterocycles. The number of aromatic nitrogens is 2. The fourth-order valence-electron chi connectivity index (χ4n) is 3.64. The van der Waals surface area contributed by atoms with E-state index in [0.29, 0.717) is 19.7 Å². The van der Waals surface area contributed by atoms with Crippen LogP contribution in [0.4, 0.5) is 0 Å². The number of nitrogens with zero attached hydrogens (tertiary/aromatic N) is 3. The zero-order valence-electron chi connectivity index (χ0n) is 14.3. The van der Waals surface area contributed by atoms with E-state index in [1.165, 1.54) is 0 Å². The Bertz CT molecular complexity index is 550. The average molecular weight is 379 g/mol. The summed E-state index contributed by atoms with van der Waals surface area (Å²) < 4.78 is 7.58. The van der Waals surface area contributed by atoms with Gasteiger partial charge in [-0.25, -0.2) is 0 Å². The van der Waals surface area contributed by atoms with Crippen molar-refractivity contribution in [1.29, 1.82) is 0 Å². The molecule has 1 aliphatic heterocycles. The van der Waals surface area contributed by atoms with E-state index in [9.17, 15) is 4.79 Å². The van der Waals surface area contributed by atoms with E-state index in [4.69, 9.17) is 10.5 Å². The van der Waals surface area contributed by atoms with Crippen LogP contribution in [-0.2, 0) is 16.6 Å². The second kappa shape index (κ2) is 8.52. The minimum absolute atomic E-state index is 0. The number of ether oxygens (including phenoxy) is 1. The van der Waals surface area contributed by atoms with E-state index in [1.54, 1.807) is 4.68 Å². The first-order valence-corrected chi connectivity index (χ1v) is 8.15. The number of hydrogen-bond acceptors (Lipinski definition) is 4. The fraction of sp³-hybridized carbons (Fsp3) is 0.750. The molecule has 1 aromatic heterocycles. The van der Waals surface area contributed by atoms with Crippen LogP contribution in [0.2, 0.25) is 0 Å². The van der Waals surface area contributed by atoms with Gasteiger partial charge in [0.25, 0.3) is 0 Å². The van der Waals surface area contributed by atoms with Crippen LogP contribution in [0.3, 0.4) is 0 Å². The number of carbonyl (C=O) groups excluding carboxylic acids is 1. The number of amides is 1. The van der Waals surface area contributed by atoms with Crippen molar-refractivity contribution >= 4 is 30.7 Å². The number of aryl methyl sites for hydroxylation is 1. The molecule has 0 bridgehead atoms. The van der Waals surface area contributed by atoms with E-state index in [-0.39, 0.29) is 48.3 Å². The zero-order chi connectivity index (χ0) is 15.7. The zero-order valence-corrected chi connectivity index (χ0v) is 15.9. The normalized spacial score (nSPS) is 30.2. The van der Waals surface area contributed by atoms with Gasteiger partial charge >= 0.3 is 0 Å². The highest BCUT2D eigenvalue weighted by molar-refractivity contribution is 5.85. The van der Waals surface area contributed by atoms with Crippen LogP contribution in [0.25, 0.3) is 0 Å². The highest BCUT2D eigenvalue weighted by Gasteiger charge is 2.41. The summed E-state index contributed by atoms with van der Waals surface area (Å²) >= 11 is 0. The van der Waals surface area contributed by atoms with Crippen molar-refractivity contribution in [1.82, 2.24) is 14.7 Å². The third-order valence-corrected chi connectivity index (χ3v) is 5.03. The van der Waals surface area contributed by atoms with Gasteiger partial charge in [-0.05, 0) is 19.8 Å². The highest BCUT2D eigenvalue weighted by Crippen LogP contribution is 2.34. The summed E-state index contributed by atoms with van der Waals surface area (Å²) in [5.41, 5.74) is 7.04. The quantitative estimate of drug-likeness (QED) is 0.854. The Balaban J connectivity index is 0.00000144. The summed E-state index contributed by atoms with van der Waals surface area (Å²) in [6.45, 7) is 3.84. The van der Waals surface area contributed by atoms with Gasteiger partial charge in [-0.2, -0.15) is 5.10 Å². The molecule has 1 aliphatic carbocycles. The first-order chi connectivity index (χ1) is 10.5. The highest BCUT2D eigenvalue weighted by atomic mass is 35.5. The maximum absolute atomic E-state index is 12.9. The minimum Gasteiger partial charge on any atom is -0.370 e. The van der Waals surface area contributed by atoms with Gasteiger partial charge in [0.2, 0.25) is 5.91 Å². The van der Waals surface area contributed by atoms with Crippen molar-refractivity contribution < 1.29 is 9.53 Å². The Kier molecular flexibility index (Phi) is 7.53. The predicted molar refractivity (Wildman–Crippen MR) is 97.5 cm³/mol. The van der Waals surface area contributed by atoms with Crippen molar-refractivity contribution in [3.05, 3.63) is 18.0 Å². The molecule has 0 spiro atoms. The average Bonchev–Trinajstić information content (AvgIpc) is 2.93. The molecule has 2 N–H and O–H groups in total. The number of morpholine rings is 1. The second-order valence-electron chi connectivity index (χ2n) is 6.90. The van der Waals surface area contributed by atoms with Crippen molar-refractivity contribution in [3.8, 4) is 0 Å². The molecule has 1 amide bonds. The molecule has 2 fully saturated rings. The number of carbonyl (C=O) groups is 1. The van der Waals surface area contributed by atoms with Gasteiger partial charge in [-0.3, -0.25) is 9.48 Å². The van der Waals surface area contributed by atoms with Crippen LogP contribution in [0.15, 0.2) is 12.4 Å². The van der Waals surface area contributed by atoms with E-state index in [1.807, 2.05) is 31.3 Å². The molecule has 0 aromatic carbocycles. The van der Waals surface area contributed by atoms with Crippen LogP contribution in [-0.4, -0.2) is 45.8 Å². The molecule has 3 atom stereocenters. The van der Waals surface area contributed by atoms with E-state index in [2.05, 4.69) is 5.10 Å². The van der Waals surface area contributed by atoms with Crippen LogP contribution >= 0.6 is 24.8 Å². The summed E-state index contributed by atoms with van der Waals surface area (Å²) in [4.78, 5) is 14.9. The SMILES string of the molecule is Cl.Cl.Cn1cc(C2CN(C(=O)C3CCCCC3(C)N)CCO2)cn1. The maximum atomic E-state index is 12.9. The lowest BCUT2D eigenvalue weighted by Gasteiger charge is -2.42. The molecule has 1 saturated heterocycles. The topological polar surface area (TPSA) is 73.4 Å². The lowest BCUT2D eigenvalue weighted by molar-refractivity contribution is -0.146. The molecule has 1 aromatic rings. The fourth-order valence-corrected chi connectivity index (χ4v) is 3.64. The molecule has 138 valence electrons. The van der Waals surface area contributed by atoms with Gasteiger partial charge in [0.05, 0.1) is 25.3 Å². The van der Waals surface area contributed by atoms with Gasteiger partial charge in [0.15, 0.2) is 0 Å². The monoisotopic (exact) mass is 378 g/mol. The van der Waals surface area contributed by atoms with Gasteiger partial charge in [0, 0.05) is 30.9 Å². The van der Waals surface area contributed by atoms with Gasteiger partial charge in [-0.1, -0.05) is 12.8 Å². The van der Waals surface area contributed by atoms with Crippen LogP contribution in [0, 0.1) is 5.92 Å². The summed E-state index contributed by atoms with van der Waals surface area (Å²) in [6.07, 6.45) is 7.73. The van der Waals surface area contributed by atoms with Gasteiger partial charge in [-0.15, -0.1) is 24.8 Å². The third kappa shape index (κ3) is 4.42. The van der Waals surface area contributed by atoms with Gasteiger partial charge in [0.1, 0.15) is 6.10 Å². The summed E-state index contributed by atoms with van der Waals surface area (Å²) in [6, 6.07) is 0. The van der Waals surface area contributed by atoms with Gasteiger partial charge < -0.3 is 15.4 Å². The molecular formula is C16H28Cl2N4O2. The van der Waals surface area contributed by atoms with Crippen LogP contribution < -0.4 is 5.73 Å². The summed E-state index contributed by atoms with van der Waals surface area (Å²) in [7, 11) is 1.89. The second-order valence-corrected chi connectivity index (χ2v) is 6.90. The minimum atomic E-state index is -0.378. The smallest absolute Gasteiger partial charge is 0.227 e. The lowest BCUT2D eigenvalue weighted by Crippen LogP contribution is -2.55. The Labute approximate surface area is 155 Å². The number of halogens is 2. The lowest BCUT2D eigenvalue weighted by atomic mass is 9.74.